The molecular weight excluding hydrogens is 338 g/mol. The Morgan fingerprint density at radius 3 is 2.53 bits per heavy atom. The second-order valence-corrected chi connectivity index (χ2v) is 4.80. The molecule has 0 aromatic heterocycles. The molecule has 0 saturated heterocycles. The Hall–Kier alpha value is -0.200. The van der Waals surface area contributed by atoms with Crippen molar-refractivity contribution in [3.05, 3.63) is 28.2 Å². The van der Waals surface area contributed by atoms with Gasteiger partial charge in [0.2, 0.25) is 0 Å². The lowest BCUT2D eigenvalue weighted by Crippen LogP contribution is -2.19. The van der Waals surface area contributed by atoms with Crippen molar-refractivity contribution in [2.24, 2.45) is 0 Å². The number of hydrogen-bond acceptors (Lipinski definition) is 2. The first kappa shape index (κ1) is 12.9. The van der Waals surface area contributed by atoms with Crippen LogP contribution in [-0.2, 0) is 0 Å². The minimum Gasteiger partial charge on any atom is -0.496 e. The summed E-state index contributed by atoms with van der Waals surface area (Å²) in [6.07, 6.45) is -1.95. The van der Waals surface area contributed by atoms with E-state index in [1.807, 2.05) is 0 Å². The van der Waals surface area contributed by atoms with E-state index in [1.165, 1.54) is 19.2 Å². The first-order valence-electron chi connectivity index (χ1n) is 3.94. The third kappa shape index (κ3) is 3.12. The zero-order chi connectivity index (χ0) is 11.6. The summed E-state index contributed by atoms with van der Waals surface area (Å²) in [5.41, 5.74) is 0.0220. The van der Waals surface area contributed by atoms with Crippen LogP contribution in [0.5, 0.6) is 5.75 Å². The Bertz CT molecular complexity index is 352. The molecule has 0 bridgehead atoms. The molecule has 0 aliphatic rings. The third-order valence-electron chi connectivity index (χ3n) is 1.80. The Labute approximate surface area is 103 Å². The molecule has 0 aliphatic heterocycles. The normalized spacial score (nSPS) is 13.7. The number of aliphatic hydroxyl groups excluding tert-OH is 1. The number of alkyl halides is 3. The van der Waals surface area contributed by atoms with Crippen molar-refractivity contribution in [2.45, 2.75) is 10.9 Å². The van der Waals surface area contributed by atoms with E-state index in [2.05, 4.69) is 31.9 Å². The quantitative estimate of drug-likeness (QED) is 0.850. The Balaban J connectivity index is 3.17. The van der Waals surface area contributed by atoms with Crippen LogP contribution in [0.2, 0.25) is 0 Å². The molecule has 0 amide bonds. The zero-order valence-electron chi connectivity index (χ0n) is 7.68. The first-order valence-corrected chi connectivity index (χ1v) is 5.53. The number of methoxy groups -OCH3 is 1. The number of aliphatic hydroxyl groups is 1. The molecule has 15 heavy (non-hydrogen) atoms. The van der Waals surface area contributed by atoms with Gasteiger partial charge >= 0.3 is 4.83 Å². The van der Waals surface area contributed by atoms with Gasteiger partial charge in [0, 0.05) is 10.0 Å². The van der Waals surface area contributed by atoms with Gasteiger partial charge in [-0.05, 0) is 34.1 Å². The summed E-state index contributed by atoms with van der Waals surface area (Å²) in [4.78, 5) is -3.39. The van der Waals surface area contributed by atoms with Crippen LogP contribution in [0, 0.1) is 0 Å². The van der Waals surface area contributed by atoms with E-state index in [4.69, 9.17) is 4.74 Å². The molecule has 0 heterocycles. The first-order chi connectivity index (χ1) is 6.86. The van der Waals surface area contributed by atoms with Crippen LogP contribution >= 0.6 is 31.9 Å². The molecule has 2 nitrogen and oxygen atoms in total. The lowest BCUT2D eigenvalue weighted by atomic mass is 10.1. The third-order valence-corrected chi connectivity index (χ3v) is 2.72. The van der Waals surface area contributed by atoms with Crippen molar-refractivity contribution in [1.29, 1.82) is 0 Å². The van der Waals surface area contributed by atoms with E-state index in [0.717, 1.165) is 0 Å². The fraction of sp³-hybridized carbons (Fsp3) is 0.333. The van der Waals surface area contributed by atoms with Gasteiger partial charge in [-0.2, -0.15) is 8.78 Å². The maximum Gasteiger partial charge on any atom is 0.330 e. The van der Waals surface area contributed by atoms with Crippen LogP contribution in [0.1, 0.15) is 11.7 Å². The van der Waals surface area contributed by atoms with Gasteiger partial charge in [0.1, 0.15) is 5.75 Å². The molecule has 0 fully saturated rings. The molecular formula is C9H8Br2F2O2. The molecule has 84 valence electrons. The molecule has 6 heteroatoms. The van der Waals surface area contributed by atoms with Gasteiger partial charge in [-0.25, -0.2) is 0 Å². The van der Waals surface area contributed by atoms with Crippen molar-refractivity contribution in [3.8, 4) is 5.75 Å². The second kappa shape index (κ2) is 4.76. The number of rotatable bonds is 3. The average molecular weight is 346 g/mol. The van der Waals surface area contributed by atoms with Crippen LogP contribution in [0.3, 0.4) is 0 Å². The molecule has 1 unspecified atom stereocenters. The summed E-state index contributed by atoms with van der Waals surface area (Å²) in [5, 5.41) is 9.40. The predicted molar refractivity (Wildman–Crippen MR) is 59.5 cm³/mol. The predicted octanol–water partition coefficient (Wildman–Crippen LogP) is 3.48. The Kier molecular flexibility index (Phi) is 4.08. The van der Waals surface area contributed by atoms with Crippen molar-refractivity contribution < 1.29 is 18.6 Å². The minimum absolute atomic E-state index is 0.0220. The molecule has 0 saturated carbocycles. The van der Waals surface area contributed by atoms with E-state index < -0.39 is 10.9 Å². The van der Waals surface area contributed by atoms with Gasteiger partial charge in [0.05, 0.1) is 7.11 Å². The van der Waals surface area contributed by atoms with Crippen LogP contribution in [-0.4, -0.2) is 17.0 Å². The van der Waals surface area contributed by atoms with Gasteiger partial charge in [-0.15, -0.1) is 0 Å². The largest absolute Gasteiger partial charge is 0.496 e. The summed E-state index contributed by atoms with van der Waals surface area (Å²) >= 11 is 5.25. The van der Waals surface area contributed by atoms with Gasteiger partial charge < -0.3 is 9.84 Å². The molecule has 0 spiro atoms. The molecule has 0 radical (unpaired) electrons. The summed E-state index contributed by atoms with van der Waals surface area (Å²) in [5.74, 6) is 0.213. The monoisotopic (exact) mass is 344 g/mol. The molecule has 1 aromatic carbocycles. The van der Waals surface area contributed by atoms with E-state index >= 15 is 0 Å². The van der Waals surface area contributed by atoms with E-state index in [1.54, 1.807) is 6.07 Å². The van der Waals surface area contributed by atoms with Gasteiger partial charge in [0.25, 0.3) is 0 Å². The lowest BCUT2D eigenvalue weighted by Gasteiger charge is -2.19. The maximum absolute atomic E-state index is 12.8. The second-order valence-electron chi connectivity index (χ2n) is 2.83. The smallest absolute Gasteiger partial charge is 0.330 e. The highest BCUT2D eigenvalue weighted by Crippen LogP contribution is 2.40. The highest BCUT2D eigenvalue weighted by molar-refractivity contribution is 9.10. The van der Waals surface area contributed by atoms with Crippen molar-refractivity contribution in [1.82, 2.24) is 0 Å². The van der Waals surface area contributed by atoms with Gasteiger partial charge in [-0.3, -0.25) is 0 Å². The Morgan fingerprint density at radius 1 is 1.47 bits per heavy atom. The highest BCUT2D eigenvalue weighted by Gasteiger charge is 2.37. The SMILES string of the molecule is COc1ccc(Br)cc1C(O)C(F)(F)Br. The molecule has 1 N–H and O–H groups in total. The zero-order valence-corrected chi connectivity index (χ0v) is 10.8. The number of hydrogen-bond donors (Lipinski definition) is 1. The standard InChI is InChI=1S/C9H8Br2F2O2/c1-15-7-3-2-5(10)4-6(7)8(14)9(11,12)13/h2-4,8,14H,1H3. The van der Waals surface area contributed by atoms with Crippen molar-refractivity contribution in [3.63, 3.8) is 0 Å². The maximum atomic E-state index is 12.8. The number of benzene rings is 1. The molecule has 1 atom stereocenters. The van der Waals surface area contributed by atoms with Crippen LogP contribution < -0.4 is 4.74 Å². The van der Waals surface area contributed by atoms with Crippen molar-refractivity contribution in [2.75, 3.05) is 7.11 Å². The fourth-order valence-electron chi connectivity index (χ4n) is 1.10. The van der Waals surface area contributed by atoms with E-state index in [-0.39, 0.29) is 11.3 Å². The fourth-order valence-corrected chi connectivity index (χ4v) is 1.72. The Morgan fingerprint density at radius 2 is 2.07 bits per heavy atom. The minimum atomic E-state index is -3.39. The molecule has 1 rings (SSSR count). The highest BCUT2D eigenvalue weighted by atomic mass is 79.9. The van der Waals surface area contributed by atoms with Crippen molar-refractivity contribution >= 4 is 31.9 Å². The topological polar surface area (TPSA) is 29.5 Å². The van der Waals surface area contributed by atoms with Crippen LogP contribution in [0.25, 0.3) is 0 Å². The van der Waals surface area contributed by atoms with E-state index in [0.29, 0.717) is 4.47 Å². The number of halogens is 4. The van der Waals surface area contributed by atoms with Gasteiger partial charge in [-0.1, -0.05) is 15.9 Å². The van der Waals surface area contributed by atoms with Gasteiger partial charge in [0.15, 0.2) is 6.10 Å². The lowest BCUT2D eigenvalue weighted by molar-refractivity contribution is -0.0305. The molecule has 1 aromatic rings. The van der Waals surface area contributed by atoms with Crippen LogP contribution in [0.4, 0.5) is 8.78 Å². The molecule has 0 aliphatic carbocycles. The van der Waals surface area contributed by atoms with Crippen LogP contribution in [0.15, 0.2) is 22.7 Å². The summed E-state index contributed by atoms with van der Waals surface area (Å²) in [6, 6.07) is 4.53. The summed E-state index contributed by atoms with van der Waals surface area (Å²) in [7, 11) is 1.35. The van der Waals surface area contributed by atoms with E-state index in [9.17, 15) is 13.9 Å². The average Bonchev–Trinajstić information content (AvgIpc) is 2.15. The summed E-state index contributed by atoms with van der Waals surface area (Å²) < 4.78 is 31.2. The number of ether oxygens (including phenoxy) is 1. The summed E-state index contributed by atoms with van der Waals surface area (Å²) in [6.45, 7) is 0.